The molecular weight excluding hydrogens is 408 g/mol. The standard InChI is InChI=1S/C29H46N2O2/c30-26-16-20-28(21-17-26)32-24-14-12-10-8-6-4-2-1-3-5-7-9-11-13-15-25-33-29-22-18-27(31)19-23-29/h16-23H,1-15,24-25,30-31H2. The average molecular weight is 455 g/mol. The smallest absolute Gasteiger partial charge is 0.119 e. The summed E-state index contributed by atoms with van der Waals surface area (Å²) >= 11 is 0. The summed E-state index contributed by atoms with van der Waals surface area (Å²) < 4.78 is 11.5. The molecule has 0 aliphatic carbocycles. The lowest BCUT2D eigenvalue weighted by Crippen LogP contribution is -1.97. The molecule has 0 amide bonds. The maximum absolute atomic E-state index is 5.74. The third-order valence-corrected chi connectivity index (χ3v) is 6.09. The first kappa shape index (κ1) is 26.9. The number of ether oxygens (including phenoxy) is 2. The van der Waals surface area contributed by atoms with Crippen molar-refractivity contribution in [1.29, 1.82) is 0 Å². The molecule has 0 aliphatic heterocycles. The quantitative estimate of drug-likeness (QED) is 0.156. The molecule has 0 heterocycles. The number of hydrogen-bond donors (Lipinski definition) is 2. The van der Waals surface area contributed by atoms with Crippen molar-refractivity contribution in [2.24, 2.45) is 0 Å². The SMILES string of the molecule is Nc1ccc(OCCCCCCCCCCCCCCCCCOc2ccc(N)cc2)cc1. The Balaban J connectivity index is 1.23. The highest BCUT2D eigenvalue weighted by molar-refractivity contribution is 5.42. The monoisotopic (exact) mass is 454 g/mol. The molecule has 0 aromatic heterocycles. The van der Waals surface area contributed by atoms with Gasteiger partial charge in [0.05, 0.1) is 13.2 Å². The summed E-state index contributed by atoms with van der Waals surface area (Å²) in [6, 6.07) is 15.3. The summed E-state index contributed by atoms with van der Waals surface area (Å²) in [4.78, 5) is 0. The van der Waals surface area contributed by atoms with Crippen molar-refractivity contribution >= 4 is 11.4 Å². The van der Waals surface area contributed by atoms with Crippen LogP contribution in [-0.4, -0.2) is 13.2 Å². The van der Waals surface area contributed by atoms with E-state index in [9.17, 15) is 0 Å². The number of benzene rings is 2. The number of nitrogens with two attached hydrogens (primary N) is 2. The van der Waals surface area contributed by atoms with Crippen molar-refractivity contribution in [1.82, 2.24) is 0 Å². The molecule has 0 saturated heterocycles. The molecule has 0 aliphatic rings. The van der Waals surface area contributed by atoms with E-state index in [0.29, 0.717) is 0 Å². The Labute approximate surface area is 202 Å². The first-order valence-corrected chi connectivity index (χ1v) is 13.2. The normalized spacial score (nSPS) is 10.9. The van der Waals surface area contributed by atoms with Crippen LogP contribution >= 0.6 is 0 Å². The predicted octanol–water partition coefficient (Wildman–Crippen LogP) is 8.16. The molecule has 184 valence electrons. The Bertz CT molecular complexity index is 639. The Morgan fingerprint density at radius 3 is 0.879 bits per heavy atom. The third-order valence-electron chi connectivity index (χ3n) is 6.09. The highest BCUT2D eigenvalue weighted by Gasteiger charge is 1.97. The lowest BCUT2D eigenvalue weighted by atomic mass is 10.0. The van der Waals surface area contributed by atoms with E-state index in [2.05, 4.69) is 0 Å². The van der Waals surface area contributed by atoms with Gasteiger partial charge in [-0.2, -0.15) is 0 Å². The van der Waals surface area contributed by atoms with Crippen molar-refractivity contribution in [3.63, 3.8) is 0 Å². The van der Waals surface area contributed by atoms with Crippen LogP contribution in [0.1, 0.15) is 96.3 Å². The van der Waals surface area contributed by atoms with E-state index in [4.69, 9.17) is 20.9 Å². The molecular formula is C29H46N2O2. The average Bonchev–Trinajstić information content (AvgIpc) is 2.83. The van der Waals surface area contributed by atoms with Gasteiger partial charge in [0, 0.05) is 11.4 Å². The van der Waals surface area contributed by atoms with E-state index in [-0.39, 0.29) is 0 Å². The summed E-state index contributed by atoms with van der Waals surface area (Å²) in [5.41, 5.74) is 12.9. The molecule has 0 unspecified atom stereocenters. The Kier molecular flexibility index (Phi) is 14.8. The van der Waals surface area contributed by atoms with E-state index in [1.54, 1.807) is 0 Å². The zero-order valence-electron chi connectivity index (χ0n) is 20.6. The van der Waals surface area contributed by atoms with Gasteiger partial charge < -0.3 is 20.9 Å². The van der Waals surface area contributed by atoms with Crippen LogP contribution in [0.25, 0.3) is 0 Å². The molecule has 4 nitrogen and oxygen atoms in total. The maximum Gasteiger partial charge on any atom is 0.119 e. The van der Waals surface area contributed by atoms with Crippen LogP contribution in [-0.2, 0) is 0 Å². The minimum absolute atomic E-state index is 0.784. The first-order chi connectivity index (χ1) is 16.2. The minimum atomic E-state index is 0.784. The number of rotatable bonds is 20. The summed E-state index contributed by atoms with van der Waals surface area (Å²) in [5.74, 6) is 1.84. The summed E-state index contributed by atoms with van der Waals surface area (Å²) in [6.07, 6.45) is 20.0. The fraction of sp³-hybridized carbons (Fsp3) is 0.586. The maximum atomic E-state index is 5.74. The molecule has 0 saturated carbocycles. The molecule has 0 radical (unpaired) electrons. The van der Waals surface area contributed by atoms with Gasteiger partial charge in [-0.25, -0.2) is 0 Å². The molecule has 2 rings (SSSR count). The van der Waals surface area contributed by atoms with Gasteiger partial charge in [-0.1, -0.05) is 83.5 Å². The Hall–Kier alpha value is -2.36. The van der Waals surface area contributed by atoms with Gasteiger partial charge in [0.1, 0.15) is 11.5 Å². The summed E-state index contributed by atoms with van der Waals surface area (Å²) in [7, 11) is 0. The molecule has 2 aromatic carbocycles. The zero-order valence-corrected chi connectivity index (χ0v) is 20.6. The van der Waals surface area contributed by atoms with Crippen molar-refractivity contribution in [2.45, 2.75) is 96.3 Å². The number of unbranched alkanes of at least 4 members (excludes halogenated alkanes) is 14. The lowest BCUT2D eigenvalue weighted by molar-refractivity contribution is 0.304. The van der Waals surface area contributed by atoms with Crippen molar-refractivity contribution in [2.75, 3.05) is 24.7 Å². The summed E-state index contributed by atoms with van der Waals surface area (Å²) in [6.45, 7) is 1.61. The second-order valence-corrected chi connectivity index (χ2v) is 9.14. The van der Waals surface area contributed by atoms with Crippen molar-refractivity contribution in [3.05, 3.63) is 48.5 Å². The van der Waals surface area contributed by atoms with Crippen LogP contribution in [0.4, 0.5) is 11.4 Å². The van der Waals surface area contributed by atoms with Gasteiger partial charge >= 0.3 is 0 Å². The van der Waals surface area contributed by atoms with Gasteiger partial charge in [0.2, 0.25) is 0 Å². The van der Waals surface area contributed by atoms with Crippen LogP contribution in [0.2, 0.25) is 0 Å². The minimum Gasteiger partial charge on any atom is -0.494 e. The van der Waals surface area contributed by atoms with Gasteiger partial charge in [0.25, 0.3) is 0 Å². The zero-order chi connectivity index (χ0) is 23.4. The van der Waals surface area contributed by atoms with Crippen molar-refractivity contribution in [3.8, 4) is 11.5 Å². The molecule has 4 N–H and O–H groups in total. The van der Waals surface area contributed by atoms with Gasteiger partial charge in [-0.15, -0.1) is 0 Å². The van der Waals surface area contributed by atoms with Gasteiger partial charge in [0.15, 0.2) is 0 Å². The molecule has 0 atom stereocenters. The molecule has 33 heavy (non-hydrogen) atoms. The molecule has 4 heteroatoms. The number of hydrogen-bond acceptors (Lipinski definition) is 4. The van der Waals surface area contributed by atoms with E-state index >= 15 is 0 Å². The predicted molar refractivity (Wildman–Crippen MR) is 142 cm³/mol. The fourth-order valence-corrected chi connectivity index (χ4v) is 4.01. The van der Waals surface area contributed by atoms with Crippen LogP contribution < -0.4 is 20.9 Å². The van der Waals surface area contributed by atoms with E-state index in [1.165, 1.54) is 83.5 Å². The van der Waals surface area contributed by atoms with Gasteiger partial charge in [-0.05, 0) is 61.4 Å². The first-order valence-electron chi connectivity index (χ1n) is 13.2. The molecule has 0 bridgehead atoms. The molecule has 0 fully saturated rings. The van der Waals surface area contributed by atoms with E-state index in [0.717, 1.165) is 48.9 Å². The lowest BCUT2D eigenvalue weighted by Gasteiger charge is -2.07. The van der Waals surface area contributed by atoms with Crippen LogP contribution in [0.5, 0.6) is 11.5 Å². The highest BCUT2D eigenvalue weighted by atomic mass is 16.5. The molecule has 0 spiro atoms. The number of nitrogen functional groups attached to an aromatic ring is 2. The highest BCUT2D eigenvalue weighted by Crippen LogP contribution is 2.16. The second kappa shape index (κ2) is 18.1. The van der Waals surface area contributed by atoms with Gasteiger partial charge in [-0.3, -0.25) is 0 Å². The topological polar surface area (TPSA) is 70.5 Å². The number of anilines is 2. The molecule has 2 aromatic rings. The Morgan fingerprint density at radius 1 is 0.364 bits per heavy atom. The van der Waals surface area contributed by atoms with E-state index < -0.39 is 0 Å². The van der Waals surface area contributed by atoms with Crippen LogP contribution in [0.15, 0.2) is 48.5 Å². The van der Waals surface area contributed by atoms with E-state index in [1.807, 2.05) is 48.5 Å². The fourth-order valence-electron chi connectivity index (χ4n) is 4.01. The Morgan fingerprint density at radius 2 is 0.606 bits per heavy atom. The van der Waals surface area contributed by atoms with Crippen LogP contribution in [0, 0.1) is 0 Å². The second-order valence-electron chi connectivity index (χ2n) is 9.14. The largest absolute Gasteiger partial charge is 0.494 e. The third kappa shape index (κ3) is 14.4. The van der Waals surface area contributed by atoms with Crippen LogP contribution in [0.3, 0.4) is 0 Å². The summed E-state index contributed by atoms with van der Waals surface area (Å²) in [5, 5.41) is 0. The van der Waals surface area contributed by atoms with Crippen molar-refractivity contribution < 1.29 is 9.47 Å².